The van der Waals surface area contributed by atoms with E-state index in [0.29, 0.717) is 12.3 Å². The number of aromatic nitrogens is 3. The van der Waals surface area contributed by atoms with Crippen LogP contribution in [0.5, 0.6) is 0 Å². The van der Waals surface area contributed by atoms with Crippen LogP contribution in [0.1, 0.15) is 13.3 Å². The first-order valence-corrected chi connectivity index (χ1v) is 6.49. The van der Waals surface area contributed by atoms with Crippen molar-refractivity contribution in [2.75, 3.05) is 11.9 Å². The van der Waals surface area contributed by atoms with Gasteiger partial charge in [-0.2, -0.15) is 0 Å². The maximum absolute atomic E-state index is 6.01. The molecule has 3 unspecified atom stereocenters. The summed E-state index contributed by atoms with van der Waals surface area (Å²) in [7, 11) is 0. The molecule has 0 bridgehead atoms. The molecular formula is C13H17N5O. The molecule has 19 heavy (non-hydrogen) atoms. The van der Waals surface area contributed by atoms with Crippen LogP contribution in [-0.4, -0.2) is 39.7 Å². The predicted octanol–water partition coefficient (Wildman–Crippen LogP) is 0.941. The topological polar surface area (TPSA) is 86.0 Å². The first-order valence-electron chi connectivity index (χ1n) is 6.49. The average Bonchev–Trinajstić information content (AvgIpc) is 2.44. The summed E-state index contributed by atoms with van der Waals surface area (Å²) in [5.41, 5.74) is 7.42. The van der Waals surface area contributed by atoms with Crippen LogP contribution in [0.25, 0.3) is 11.2 Å². The molecule has 2 aromatic rings. The lowest BCUT2D eigenvalue weighted by Gasteiger charge is -2.42. The van der Waals surface area contributed by atoms with Gasteiger partial charge in [0.1, 0.15) is 11.3 Å². The summed E-state index contributed by atoms with van der Waals surface area (Å²) >= 11 is 0. The van der Waals surface area contributed by atoms with Gasteiger partial charge in [-0.1, -0.05) is 0 Å². The molecule has 2 heterocycles. The van der Waals surface area contributed by atoms with E-state index in [1.165, 1.54) is 0 Å². The molecule has 3 rings (SSSR count). The van der Waals surface area contributed by atoms with Crippen LogP contribution >= 0.6 is 0 Å². The second-order valence-corrected chi connectivity index (χ2v) is 4.66. The van der Waals surface area contributed by atoms with Gasteiger partial charge in [-0.3, -0.25) is 4.98 Å². The van der Waals surface area contributed by atoms with Gasteiger partial charge in [0.05, 0.1) is 12.1 Å². The molecule has 1 aliphatic carbocycles. The largest absolute Gasteiger partial charge is 0.376 e. The monoisotopic (exact) mass is 259 g/mol. The van der Waals surface area contributed by atoms with E-state index >= 15 is 0 Å². The number of nitrogens with two attached hydrogens (primary N) is 1. The van der Waals surface area contributed by atoms with E-state index in [2.05, 4.69) is 20.3 Å². The molecular weight excluding hydrogens is 242 g/mol. The minimum absolute atomic E-state index is 0.107. The number of nitrogens with one attached hydrogen (secondary N) is 1. The van der Waals surface area contributed by atoms with Crippen molar-refractivity contribution in [3.05, 3.63) is 24.5 Å². The Morgan fingerprint density at radius 3 is 3.00 bits per heavy atom. The van der Waals surface area contributed by atoms with Crippen molar-refractivity contribution in [3.8, 4) is 0 Å². The highest BCUT2D eigenvalue weighted by Gasteiger charge is 2.39. The van der Waals surface area contributed by atoms with Gasteiger partial charge >= 0.3 is 0 Å². The lowest BCUT2D eigenvalue weighted by Crippen LogP contribution is -2.60. The summed E-state index contributed by atoms with van der Waals surface area (Å²) in [5.74, 6) is 0.762. The zero-order valence-electron chi connectivity index (χ0n) is 10.8. The minimum Gasteiger partial charge on any atom is -0.376 e. The van der Waals surface area contributed by atoms with E-state index < -0.39 is 0 Å². The quantitative estimate of drug-likeness (QED) is 0.850. The number of pyridine rings is 1. The molecule has 0 aliphatic heterocycles. The van der Waals surface area contributed by atoms with Crippen LogP contribution in [0.3, 0.4) is 0 Å². The summed E-state index contributed by atoms with van der Waals surface area (Å²) in [4.78, 5) is 12.8. The summed E-state index contributed by atoms with van der Waals surface area (Å²) < 4.78 is 5.62. The molecule has 1 saturated carbocycles. The standard InChI is InChI=1S/C13H17N5O/c1-2-19-10-7-8(14)12(10)17-11-4-3-9-13(18-11)16-6-5-15-9/h3-6,8,10,12H,2,7,14H2,1H3,(H,16,17,18). The molecule has 100 valence electrons. The predicted molar refractivity (Wildman–Crippen MR) is 72.8 cm³/mol. The molecule has 3 N–H and O–H groups in total. The van der Waals surface area contributed by atoms with Crippen molar-refractivity contribution in [1.29, 1.82) is 0 Å². The second kappa shape index (κ2) is 5.07. The second-order valence-electron chi connectivity index (χ2n) is 4.66. The fourth-order valence-electron chi connectivity index (χ4n) is 2.33. The number of nitrogens with zero attached hydrogens (tertiary/aromatic N) is 3. The number of rotatable bonds is 4. The van der Waals surface area contributed by atoms with Gasteiger partial charge in [0.2, 0.25) is 0 Å². The number of hydrogen-bond acceptors (Lipinski definition) is 6. The van der Waals surface area contributed by atoms with Crippen molar-refractivity contribution in [3.63, 3.8) is 0 Å². The fourth-order valence-corrected chi connectivity index (χ4v) is 2.33. The molecule has 3 atom stereocenters. The van der Waals surface area contributed by atoms with E-state index in [4.69, 9.17) is 10.5 Å². The smallest absolute Gasteiger partial charge is 0.180 e. The average molecular weight is 259 g/mol. The van der Waals surface area contributed by atoms with Crippen molar-refractivity contribution >= 4 is 17.0 Å². The van der Waals surface area contributed by atoms with Crippen LogP contribution in [0.4, 0.5) is 5.82 Å². The lowest BCUT2D eigenvalue weighted by molar-refractivity contribution is -0.0127. The van der Waals surface area contributed by atoms with Crippen LogP contribution in [0.2, 0.25) is 0 Å². The van der Waals surface area contributed by atoms with Crippen molar-refractivity contribution < 1.29 is 4.74 Å². The molecule has 2 aromatic heterocycles. The Balaban J connectivity index is 1.77. The van der Waals surface area contributed by atoms with Crippen LogP contribution in [0, 0.1) is 0 Å². The molecule has 1 fully saturated rings. The van der Waals surface area contributed by atoms with E-state index in [0.717, 1.165) is 17.8 Å². The zero-order chi connectivity index (χ0) is 13.2. The van der Waals surface area contributed by atoms with E-state index in [9.17, 15) is 0 Å². The molecule has 6 heteroatoms. The van der Waals surface area contributed by atoms with E-state index in [1.54, 1.807) is 12.4 Å². The highest BCUT2D eigenvalue weighted by molar-refractivity contribution is 5.71. The normalized spacial score (nSPS) is 26.1. The Labute approximate surface area is 111 Å². The van der Waals surface area contributed by atoms with Gasteiger partial charge in [-0.05, 0) is 25.5 Å². The van der Waals surface area contributed by atoms with Gasteiger partial charge in [-0.25, -0.2) is 9.97 Å². The molecule has 0 amide bonds. The van der Waals surface area contributed by atoms with Gasteiger partial charge in [0.15, 0.2) is 5.65 Å². The first kappa shape index (κ1) is 12.3. The molecule has 6 nitrogen and oxygen atoms in total. The Kier molecular flexibility index (Phi) is 3.27. The van der Waals surface area contributed by atoms with Crippen LogP contribution in [0.15, 0.2) is 24.5 Å². The van der Waals surface area contributed by atoms with Crippen molar-refractivity contribution in [2.24, 2.45) is 5.73 Å². The summed E-state index contributed by atoms with van der Waals surface area (Å²) in [6.07, 6.45) is 4.35. The Morgan fingerprint density at radius 1 is 1.37 bits per heavy atom. The number of hydrogen-bond donors (Lipinski definition) is 2. The molecule has 1 aliphatic rings. The Morgan fingerprint density at radius 2 is 2.21 bits per heavy atom. The van der Waals surface area contributed by atoms with E-state index in [1.807, 2.05) is 19.1 Å². The highest BCUT2D eigenvalue weighted by Crippen LogP contribution is 2.26. The van der Waals surface area contributed by atoms with Gasteiger partial charge < -0.3 is 15.8 Å². The maximum atomic E-state index is 6.01. The number of fused-ring (bicyclic) bond motifs is 1. The SMILES string of the molecule is CCOC1CC(N)C1Nc1ccc2nccnc2n1. The number of ether oxygens (including phenoxy) is 1. The Hall–Kier alpha value is -1.79. The molecule has 0 saturated heterocycles. The lowest BCUT2D eigenvalue weighted by atomic mass is 9.83. The Bertz CT molecular complexity index is 574. The summed E-state index contributed by atoms with van der Waals surface area (Å²) in [6, 6.07) is 4.01. The van der Waals surface area contributed by atoms with E-state index in [-0.39, 0.29) is 18.2 Å². The van der Waals surface area contributed by atoms with Crippen LogP contribution in [-0.2, 0) is 4.74 Å². The van der Waals surface area contributed by atoms with Crippen molar-refractivity contribution in [1.82, 2.24) is 15.0 Å². The summed E-state index contributed by atoms with van der Waals surface area (Å²) in [5, 5.41) is 3.33. The minimum atomic E-state index is 0.107. The van der Waals surface area contributed by atoms with Gasteiger partial charge in [0.25, 0.3) is 0 Å². The zero-order valence-corrected chi connectivity index (χ0v) is 10.8. The van der Waals surface area contributed by atoms with Gasteiger partial charge in [0, 0.05) is 25.0 Å². The highest BCUT2D eigenvalue weighted by atomic mass is 16.5. The maximum Gasteiger partial charge on any atom is 0.180 e. The third-order valence-corrected chi connectivity index (χ3v) is 3.39. The van der Waals surface area contributed by atoms with Gasteiger partial charge in [-0.15, -0.1) is 0 Å². The molecule has 0 radical (unpaired) electrons. The first-order chi connectivity index (χ1) is 9.28. The fraction of sp³-hybridized carbons (Fsp3) is 0.462. The molecule has 0 aromatic carbocycles. The third-order valence-electron chi connectivity index (χ3n) is 3.39. The van der Waals surface area contributed by atoms with Crippen LogP contribution < -0.4 is 11.1 Å². The number of anilines is 1. The molecule has 0 spiro atoms. The van der Waals surface area contributed by atoms with Crippen molar-refractivity contribution in [2.45, 2.75) is 31.5 Å². The summed E-state index contributed by atoms with van der Waals surface area (Å²) in [6.45, 7) is 2.69. The third kappa shape index (κ3) is 2.36.